The van der Waals surface area contributed by atoms with E-state index in [0.717, 1.165) is 18.2 Å². The molecule has 11 heteroatoms. The number of nitrogens with zero attached hydrogens (tertiary/aromatic N) is 4. The first-order valence-electron chi connectivity index (χ1n) is 9.28. The second-order valence-electron chi connectivity index (χ2n) is 6.19. The van der Waals surface area contributed by atoms with Crippen molar-refractivity contribution in [1.29, 1.82) is 0 Å². The number of aryl methyl sites for hydroxylation is 1. The third-order valence-corrected chi connectivity index (χ3v) is 4.33. The average molecular weight is 474 g/mol. The van der Waals surface area contributed by atoms with E-state index in [-0.39, 0.29) is 10.6 Å². The van der Waals surface area contributed by atoms with Gasteiger partial charge in [-0.2, -0.15) is 17.9 Å². The second-order valence-corrected chi connectivity index (χ2v) is 7.06. The van der Waals surface area contributed by atoms with Crippen LogP contribution in [0.4, 0.5) is 13.2 Å². The summed E-state index contributed by atoms with van der Waals surface area (Å²) in [6.07, 6.45) is -3.19. The SMILES string of the molecule is CC.Cc1nc(C(C)NC(=O)c2cc(Cl)cc(C(F)(F)F)c2)n(-c2ccc(Cl)cn2)n1. The molecule has 0 aliphatic carbocycles. The molecule has 2 aromatic heterocycles. The maximum atomic E-state index is 13.0. The highest BCUT2D eigenvalue weighted by atomic mass is 35.5. The molecule has 3 rings (SSSR count). The first-order valence-corrected chi connectivity index (χ1v) is 10.0. The van der Waals surface area contributed by atoms with E-state index in [1.54, 1.807) is 26.0 Å². The van der Waals surface area contributed by atoms with Gasteiger partial charge in [0.25, 0.3) is 5.91 Å². The van der Waals surface area contributed by atoms with Gasteiger partial charge in [0, 0.05) is 16.8 Å². The average Bonchev–Trinajstić information content (AvgIpc) is 3.10. The minimum atomic E-state index is -4.62. The van der Waals surface area contributed by atoms with Crippen LogP contribution in [0, 0.1) is 6.92 Å². The molecule has 1 amide bonds. The van der Waals surface area contributed by atoms with Crippen LogP contribution >= 0.6 is 23.2 Å². The van der Waals surface area contributed by atoms with Crippen molar-refractivity contribution in [3.05, 3.63) is 69.3 Å². The summed E-state index contributed by atoms with van der Waals surface area (Å²) in [7, 11) is 0. The molecule has 0 spiro atoms. The van der Waals surface area contributed by atoms with Crippen LogP contribution in [0.1, 0.15) is 54.4 Å². The summed E-state index contributed by atoms with van der Waals surface area (Å²) in [6, 6.07) is 5.22. The Bertz CT molecular complexity index is 1050. The maximum Gasteiger partial charge on any atom is 0.416 e. The van der Waals surface area contributed by atoms with E-state index in [4.69, 9.17) is 23.2 Å². The molecule has 166 valence electrons. The van der Waals surface area contributed by atoms with Crippen LogP contribution in [0.2, 0.25) is 10.0 Å². The molecule has 0 bridgehead atoms. The summed E-state index contributed by atoms with van der Waals surface area (Å²) in [4.78, 5) is 21.0. The highest BCUT2D eigenvalue weighted by Gasteiger charge is 2.32. The number of amides is 1. The molecule has 1 atom stereocenters. The van der Waals surface area contributed by atoms with Crippen LogP contribution in [-0.2, 0) is 6.18 Å². The molecule has 6 nitrogen and oxygen atoms in total. The Morgan fingerprint density at radius 3 is 2.39 bits per heavy atom. The summed E-state index contributed by atoms with van der Waals surface area (Å²) in [5.41, 5.74) is -1.23. The van der Waals surface area contributed by atoms with Gasteiger partial charge in [-0.25, -0.2) is 9.97 Å². The number of benzene rings is 1. The normalized spacial score (nSPS) is 12.0. The number of aromatic nitrogens is 4. The van der Waals surface area contributed by atoms with E-state index in [1.807, 2.05) is 13.8 Å². The largest absolute Gasteiger partial charge is 0.416 e. The van der Waals surface area contributed by atoms with Crippen molar-refractivity contribution < 1.29 is 18.0 Å². The number of nitrogens with one attached hydrogen (secondary N) is 1. The van der Waals surface area contributed by atoms with Crippen LogP contribution in [-0.4, -0.2) is 25.7 Å². The van der Waals surface area contributed by atoms with Gasteiger partial charge in [-0.3, -0.25) is 4.79 Å². The first-order chi connectivity index (χ1) is 14.5. The Morgan fingerprint density at radius 2 is 1.81 bits per heavy atom. The van der Waals surface area contributed by atoms with Crippen molar-refractivity contribution >= 4 is 29.1 Å². The number of carbonyl (C=O) groups excluding carboxylic acids is 1. The lowest BCUT2D eigenvalue weighted by atomic mass is 10.1. The Kier molecular flexibility index (Phi) is 8.02. The number of alkyl halides is 3. The molecule has 0 fully saturated rings. The molecular weight excluding hydrogens is 454 g/mol. The Balaban J connectivity index is 0.00000166. The highest BCUT2D eigenvalue weighted by molar-refractivity contribution is 6.31. The Hall–Kier alpha value is -2.65. The molecule has 1 aromatic carbocycles. The van der Waals surface area contributed by atoms with Gasteiger partial charge in [-0.05, 0) is 44.2 Å². The van der Waals surface area contributed by atoms with Gasteiger partial charge in [0.15, 0.2) is 11.6 Å². The van der Waals surface area contributed by atoms with Gasteiger partial charge in [0.05, 0.1) is 16.6 Å². The van der Waals surface area contributed by atoms with E-state index >= 15 is 0 Å². The number of pyridine rings is 1. The monoisotopic (exact) mass is 473 g/mol. The summed E-state index contributed by atoms with van der Waals surface area (Å²) >= 11 is 11.6. The van der Waals surface area contributed by atoms with Gasteiger partial charge < -0.3 is 5.32 Å². The van der Waals surface area contributed by atoms with E-state index in [1.165, 1.54) is 10.9 Å². The minimum Gasteiger partial charge on any atom is -0.342 e. The molecular formula is C20H20Cl2F3N5O. The van der Waals surface area contributed by atoms with E-state index in [2.05, 4.69) is 20.4 Å². The number of hydrogen-bond acceptors (Lipinski definition) is 4. The molecule has 0 radical (unpaired) electrons. The summed E-state index contributed by atoms with van der Waals surface area (Å²) < 4.78 is 40.4. The second kappa shape index (κ2) is 10.1. The molecule has 0 saturated carbocycles. The zero-order chi connectivity index (χ0) is 23.3. The fourth-order valence-corrected chi connectivity index (χ4v) is 2.95. The van der Waals surface area contributed by atoms with E-state index < -0.39 is 23.7 Å². The predicted molar refractivity (Wildman–Crippen MR) is 113 cm³/mol. The summed E-state index contributed by atoms with van der Waals surface area (Å²) in [6.45, 7) is 7.29. The quantitative estimate of drug-likeness (QED) is 0.518. The van der Waals surface area contributed by atoms with Gasteiger partial charge in [-0.15, -0.1) is 5.10 Å². The molecule has 1 unspecified atom stereocenters. The van der Waals surface area contributed by atoms with Crippen molar-refractivity contribution in [2.24, 2.45) is 0 Å². The van der Waals surface area contributed by atoms with Crippen molar-refractivity contribution in [3.8, 4) is 5.82 Å². The molecule has 1 N–H and O–H groups in total. The van der Waals surface area contributed by atoms with Crippen LogP contribution in [0.5, 0.6) is 0 Å². The van der Waals surface area contributed by atoms with Crippen LogP contribution < -0.4 is 5.32 Å². The number of rotatable bonds is 4. The molecule has 0 saturated heterocycles. The summed E-state index contributed by atoms with van der Waals surface area (Å²) in [5, 5.41) is 7.11. The van der Waals surface area contributed by atoms with Crippen molar-refractivity contribution in [1.82, 2.24) is 25.1 Å². The number of halogens is 5. The smallest absolute Gasteiger partial charge is 0.342 e. The number of hydrogen-bond donors (Lipinski definition) is 1. The highest BCUT2D eigenvalue weighted by Crippen LogP contribution is 2.32. The lowest BCUT2D eigenvalue weighted by molar-refractivity contribution is -0.137. The lowest BCUT2D eigenvalue weighted by Gasteiger charge is -2.15. The maximum absolute atomic E-state index is 13.0. The zero-order valence-corrected chi connectivity index (χ0v) is 18.6. The van der Waals surface area contributed by atoms with Crippen LogP contribution in [0.15, 0.2) is 36.5 Å². The third-order valence-electron chi connectivity index (χ3n) is 3.89. The van der Waals surface area contributed by atoms with Gasteiger partial charge >= 0.3 is 6.18 Å². The molecule has 0 aliphatic heterocycles. The van der Waals surface area contributed by atoms with Crippen molar-refractivity contribution in [2.75, 3.05) is 0 Å². The molecule has 31 heavy (non-hydrogen) atoms. The minimum absolute atomic E-state index is 0.193. The fourth-order valence-electron chi connectivity index (χ4n) is 2.60. The van der Waals surface area contributed by atoms with Gasteiger partial charge in [0.2, 0.25) is 0 Å². The zero-order valence-electron chi connectivity index (χ0n) is 17.1. The topological polar surface area (TPSA) is 72.7 Å². The van der Waals surface area contributed by atoms with E-state index in [0.29, 0.717) is 22.5 Å². The fraction of sp³-hybridized carbons (Fsp3) is 0.300. The summed E-state index contributed by atoms with van der Waals surface area (Å²) in [5.74, 6) is 0.471. The number of carbonyl (C=O) groups is 1. The Morgan fingerprint density at radius 1 is 1.13 bits per heavy atom. The van der Waals surface area contributed by atoms with E-state index in [9.17, 15) is 18.0 Å². The lowest BCUT2D eigenvalue weighted by Crippen LogP contribution is -2.29. The van der Waals surface area contributed by atoms with Crippen LogP contribution in [0.25, 0.3) is 5.82 Å². The predicted octanol–water partition coefficient (Wildman–Crippen LogP) is 5.81. The Labute approximate surface area is 187 Å². The molecule has 0 aliphatic rings. The third kappa shape index (κ3) is 6.18. The first kappa shape index (κ1) is 24.6. The van der Waals surface area contributed by atoms with Gasteiger partial charge in [0.1, 0.15) is 5.82 Å². The van der Waals surface area contributed by atoms with Crippen LogP contribution in [0.3, 0.4) is 0 Å². The molecule has 3 aromatic rings. The van der Waals surface area contributed by atoms with Crippen molar-refractivity contribution in [2.45, 2.75) is 39.9 Å². The molecule has 2 heterocycles. The standard InChI is InChI=1S/C18H14Cl2F3N5O.C2H6/c1-9(16-26-10(2)27-28(16)15-4-3-13(19)8-24-15)25-17(29)11-5-12(18(21,22)23)7-14(20)6-11;1-2/h3-9H,1-2H3,(H,25,29);1-2H3. The van der Waals surface area contributed by atoms with Crippen molar-refractivity contribution in [3.63, 3.8) is 0 Å². The van der Waals surface area contributed by atoms with Gasteiger partial charge in [-0.1, -0.05) is 37.0 Å².